The Labute approximate surface area is 99.5 Å². The van der Waals surface area contributed by atoms with E-state index in [2.05, 4.69) is 10.3 Å². The van der Waals surface area contributed by atoms with E-state index in [1.54, 1.807) is 13.8 Å². The average Bonchev–Trinajstić information content (AvgIpc) is 2.17. The molecule has 2 N–H and O–H groups in total. The minimum absolute atomic E-state index is 0.288. The van der Waals surface area contributed by atoms with Gasteiger partial charge in [0.15, 0.2) is 6.29 Å². The molecule has 1 rings (SSSR count). The molecule has 0 saturated heterocycles. The van der Waals surface area contributed by atoms with E-state index in [-0.39, 0.29) is 5.71 Å². The van der Waals surface area contributed by atoms with Crippen LogP contribution in [0.25, 0.3) is 0 Å². The van der Waals surface area contributed by atoms with Crippen LogP contribution in [0, 0.1) is 12.3 Å². The highest BCUT2D eigenvalue weighted by Crippen LogP contribution is 2.28. The van der Waals surface area contributed by atoms with Crippen molar-refractivity contribution in [3.63, 3.8) is 0 Å². The van der Waals surface area contributed by atoms with Crippen molar-refractivity contribution in [3.8, 4) is 0 Å². The topological polar surface area (TPSA) is 65.8 Å². The Hall–Kier alpha value is -1.42. The van der Waals surface area contributed by atoms with Gasteiger partial charge in [0.05, 0.1) is 21.8 Å². The number of hydrogen-bond acceptors (Lipinski definition) is 4. The smallest absolute Gasteiger partial charge is 0.153 e. The van der Waals surface area contributed by atoms with Crippen LogP contribution in [0.5, 0.6) is 0 Å². The Morgan fingerprint density at radius 1 is 1.62 bits per heavy atom. The van der Waals surface area contributed by atoms with Gasteiger partial charge < -0.3 is 10.7 Å². The fourth-order valence-corrected chi connectivity index (χ4v) is 1.87. The lowest BCUT2D eigenvalue weighted by Gasteiger charge is -2.13. The maximum absolute atomic E-state index is 10.9. The second-order valence-corrected chi connectivity index (χ2v) is 3.80. The highest BCUT2D eigenvalue weighted by molar-refractivity contribution is 6.37. The third kappa shape index (κ3) is 2.22. The molecule has 4 nitrogen and oxygen atoms in total. The van der Waals surface area contributed by atoms with Crippen molar-refractivity contribution in [2.45, 2.75) is 20.8 Å². The minimum Gasteiger partial charge on any atom is -0.370 e. The molecular formula is C11H14ClN3O. The van der Waals surface area contributed by atoms with Gasteiger partial charge in [0.1, 0.15) is 5.82 Å². The van der Waals surface area contributed by atoms with E-state index in [4.69, 9.17) is 17.0 Å². The van der Waals surface area contributed by atoms with Crippen LogP contribution in [0.4, 0.5) is 5.82 Å². The lowest BCUT2D eigenvalue weighted by Crippen LogP contribution is -2.10. The molecular weight excluding hydrogens is 226 g/mol. The van der Waals surface area contributed by atoms with Gasteiger partial charge in [-0.25, -0.2) is 4.98 Å². The van der Waals surface area contributed by atoms with E-state index >= 15 is 0 Å². The molecule has 0 aromatic carbocycles. The summed E-state index contributed by atoms with van der Waals surface area (Å²) in [6, 6.07) is 0. The van der Waals surface area contributed by atoms with E-state index in [1.807, 2.05) is 6.92 Å². The molecule has 1 aromatic rings. The quantitative estimate of drug-likeness (QED) is 0.627. The number of pyridine rings is 1. The molecule has 0 unspecified atom stereocenters. The summed E-state index contributed by atoms with van der Waals surface area (Å²) < 4.78 is 0. The molecule has 0 fully saturated rings. The van der Waals surface area contributed by atoms with Crippen molar-refractivity contribution in [2.24, 2.45) is 0 Å². The van der Waals surface area contributed by atoms with Gasteiger partial charge in [-0.2, -0.15) is 0 Å². The second-order valence-electron chi connectivity index (χ2n) is 3.42. The molecule has 0 saturated carbocycles. The van der Waals surface area contributed by atoms with Crippen molar-refractivity contribution in [1.29, 1.82) is 5.41 Å². The lowest BCUT2D eigenvalue weighted by atomic mass is 10.1. The molecule has 0 atom stereocenters. The molecule has 0 aliphatic rings. The van der Waals surface area contributed by atoms with Crippen molar-refractivity contribution >= 4 is 29.4 Å². The highest BCUT2D eigenvalue weighted by atomic mass is 35.5. The van der Waals surface area contributed by atoms with Crippen LogP contribution in [-0.2, 0) is 0 Å². The molecule has 0 amide bonds. The number of aromatic nitrogens is 1. The van der Waals surface area contributed by atoms with Crippen LogP contribution in [-0.4, -0.2) is 23.5 Å². The summed E-state index contributed by atoms with van der Waals surface area (Å²) in [5.74, 6) is 0.558. The zero-order valence-corrected chi connectivity index (χ0v) is 10.3. The predicted octanol–water partition coefficient (Wildman–Crippen LogP) is 2.68. The van der Waals surface area contributed by atoms with Crippen molar-refractivity contribution < 1.29 is 4.79 Å². The van der Waals surface area contributed by atoms with E-state index in [0.717, 1.165) is 0 Å². The summed E-state index contributed by atoms with van der Waals surface area (Å²) in [5, 5.41) is 11.0. The maximum atomic E-state index is 10.9. The summed E-state index contributed by atoms with van der Waals surface area (Å²) >= 11 is 6.10. The Morgan fingerprint density at radius 2 is 2.25 bits per heavy atom. The first-order valence-electron chi connectivity index (χ1n) is 4.97. The van der Waals surface area contributed by atoms with E-state index < -0.39 is 0 Å². The van der Waals surface area contributed by atoms with Gasteiger partial charge in [-0.3, -0.25) is 4.79 Å². The second kappa shape index (κ2) is 5.07. The summed E-state index contributed by atoms with van der Waals surface area (Å²) in [6.45, 7) is 5.96. The summed E-state index contributed by atoms with van der Waals surface area (Å²) in [5.41, 5.74) is 1.71. The van der Waals surface area contributed by atoms with Crippen LogP contribution in [0.3, 0.4) is 0 Å². The fraction of sp³-hybridized carbons (Fsp3) is 0.364. The maximum Gasteiger partial charge on any atom is 0.153 e. The molecule has 16 heavy (non-hydrogen) atoms. The standard InChI is InChI=1S/C11H14ClN3O/c1-4-14-11-9(6(2)13)10(12)8(5-16)7(3)15-11/h5,13H,4H2,1-3H3,(H,14,15). The predicted molar refractivity (Wildman–Crippen MR) is 66.0 cm³/mol. The first kappa shape index (κ1) is 12.6. The van der Waals surface area contributed by atoms with Crippen molar-refractivity contribution in [1.82, 2.24) is 4.98 Å². The van der Waals surface area contributed by atoms with Crippen LogP contribution >= 0.6 is 11.6 Å². The van der Waals surface area contributed by atoms with E-state index in [0.29, 0.717) is 40.5 Å². The van der Waals surface area contributed by atoms with Gasteiger partial charge in [-0.05, 0) is 20.8 Å². The Kier molecular flexibility index (Phi) is 4.01. The molecule has 5 heteroatoms. The van der Waals surface area contributed by atoms with Crippen LogP contribution in [0.15, 0.2) is 0 Å². The summed E-state index contributed by atoms with van der Waals surface area (Å²) in [4.78, 5) is 15.1. The number of rotatable bonds is 4. The number of nitrogens with zero attached hydrogens (tertiary/aromatic N) is 1. The monoisotopic (exact) mass is 239 g/mol. The van der Waals surface area contributed by atoms with Gasteiger partial charge in [0, 0.05) is 12.3 Å². The summed E-state index contributed by atoms with van der Waals surface area (Å²) in [6.07, 6.45) is 0.673. The fourth-order valence-electron chi connectivity index (χ4n) is 1.46. The highest BCUT2D eigenvalue weighted by Gasteiger charge is 2.16. The first-order valence-corrected chi connectivity index (χ1v) is 5.35. The normalized spacial score (nSPS) is 10.0. The number of aldehydes is 1. The van der Waals surface area contributed by atoms with Gasteiger partial charge in [-0.1, -0.05) is 11.6 Å². The Bertz CT molecular complexity index is 443. The lowest BCUT2D eigenvalue weighted by molar-refractivity contribution is 0.112. The zero-order valence-electron chi connectivity index (χ0n) is 9.52. The molecule has 1 heterocycles. The first-order chi connectivity index (χ1) is 7.52. The number of carbonyl (C=O) groups is 1. The molecule has 0 bridgehead atoms. The molecule has 0 spiro atoms. The van der Waals surface area contributed by atoms with E-state index in [1.165, 1.54) is 0 Å². The minimum atomic E-state index is 0.288. The van der Waals surface area contributed by atoms with Crippen LogP contribution in [0.2, 0.25) is 5.02 Å². The number of aryl methyl sites for hydroxylation is 1. The van der Waals surface area contributed by atoms with Gasteiger partial charge in [-0.15, -0.1) is 0 Å². The van der Waals surface area contributed by atoms with Crippen molar-refractivity contribution in [3.05, 3.63) is 21.8 Å². The van der Waals surface area contributed by atoms with Gasteiger partial charge >= 0.3 is 0 Å². The molecule has 1 aromatic heterocycles. The molecule has 86 valence electrons. The molecule has 0 aliphatic heterocycles. The number of nitrogens with one attached hydrogen (secondary N) is 2. The Morgan fingerprint density at radius 3 is 2.69 bits per heavy atom. The van der Waals surface area contributed by atoms with Gasteiger partial charge in [0.25, 0.3) is 0 Å². The molecule has 0 aliphatic carbocycles. The number of halogens is 1. The average molecular weight is 240 g/mol. The van der Waals surface area contributed by atoms with E-state index in [9.17, 15) is 4.79 Å². The number of carbonyl (C=O) groups excluding carboxylic acids is 1. The number of hydrogen-bond donors (Lipinski definition) is 2. The third-order valence-corrected chi connectivity index (χ3v) is 2.59. The largest absolute Gasteiger partial charge is 0.370 e. The van der Waals surface area contributed by atoms with Gasteiger partial charge in [0.2, 0.25) is 0 Å². The van der Waals surface area contributed by atoms with Crippen LogP contribution in [0.1, 0.15) is 35.5 Å². The summed E-state index contributed by atoms with van der Waals surface area (Å²) in [7, 11) is 0. The SMILES string of the molecule is CCNc1nc(C)c(C=O)c(Cl)c1C(C)=N. The Balaban J connectivity index is 3.51. The molecule has 0 radical (unpaired) electrons. The van der Waals surface area contributed by atoms with Crippen LogP contribution < -0.4 is 5.32 Å². The van der Waals surface area contributed by atoms with Crippen molar-refractivity contribution in [2.75, 3.05) is 11.9 Å². The zero-order chi connectivity index (χ0) is 12.3. The number of anilines is 1. The third-order valence-electron chi connectivity index (χ3n) is 2.20.